The van der Waals surface area contributed by atoms with E-state index in [-0.39, 0.29) is 11.8 Å². The Morgan fingerprint density at radius 2 is 2.05 bits per heavy atom. The van der Waals surface area contributed by atoms with Crippen LogP contribution in [0.2, 0.25) is 0 Å². The second-order valence-corrected chi connectivity index (χ2v) is 4.74. The zero-order valence-corrected chi connectivity index (χ0v) is 12.3. The van der Waals surface area contributed by atoms with Crippen LogP contribution in [0, 0.1) is 0 Å². The fraction of sp³-hybridized carbons (Fsp3) is 0.312. The van der Waals surface area contributed by atoms with Crippen LogP contribution in [0.15, 0.2) is 46.9 Å². The average Bonchev–Trinajstić information content (AvgIpc) is 2.99. The van der Waals surface area contributed by atoms with Crippen molar-refractivity contribution in [2.75, 3.05) is 13.6 Å². The van der Waals surface area contributed by atoms with E-state index >= 15 is 0 Å². The number of allylic oxidation sites excluding steroid dienone is 2. The lowest BCUT2D eigenvalue weighted by atomic mass is 10.1. The fourth-order valence-corrected chi connectivity index (χ4v) is 1.85. The monoisotopic (exact) mass is 285 g/mol. The molecule has 110 valence electrons. The van der Waals surface area contributed by atoms with Crippen molar-refractivity contribution in [3.8, 4) is 0 Å². The maximum Gasteiger partial charge on any atom is 0.311 e. The maximum atomic E-state index is 12.2. The molecule has 1 amide bonds. The summed E-state index contributed by atoms with van der Waals surface area (Å²) in [7, 11) is 1.74. The topological polar surface area (TPSA) is 59.2 Å². The van der Waals surface area contributed by atoms with E-state index in [0.29, 0.717) is 18.9 Å². The zero-order chi connectivity index (χ0) is 15.1. The number of benzene rings is 1. The van der Waals surface area contributed by atoms with Crippen molar-refractivity contribution in [1.82, 2.24) is 15.1 Å². The summed E-state index contributed by atoms with van der Waals surface area (Å²) in [4.78, 5) is 13.8. The fourth-order valence-electron chi connectivity index (χ4n) is 1.85. The Balaban J connectivity index is 1.91. The van der Waals surface area contributed by atoms with Gasteiger partial charge in [0, 0.05) is 20.0 Å². The highest BCUT2D eigenvalue weighted by Gasteiger charge is 2.18. The molecule has 0 radical (unpaired) electrons. The van der Waals surface area contributed by atoms with Crippen molar-refractivity contribution >= 4 is 5.91 Å². The molecule has 5 nitrogen and oxygen atoms in total. The van der Waals surface area contributed by atoms with Gasteiger partial charge in [-0.15, -0.1) is 10.2 Å². The summed E-state index contributed by atoms with van der Waals surface area (Å²) in [5.74, 6) is 0.253. The number of carbonyl (C=O) groups excluding carboxylic acids is 1. The molecule has 2 aromatic rings. The summed E-state index contributed by atoms with van der Waals surface area (Å²) in [6, 6.07) is 10.0. The number of likely N-dealkylation sites (N-methyl/N-ethyl adjacent to an activating group) is 1. The smallest absolute Gasteiger partial charge is 0.311 e. The normalized spacial score (nSPS) is 11.0. The first-order chi connectivity index (χ1) is 10.2. The number of aromatic nitrogens is 2. The molecule has 0 fully saturated rings. The van der Waals surface area contributed by atoms with Gasteiger partial charge in [0.2, 0.25) is 5.89 Å². The van der Waals surface area contributed by atoms with Gasteiger partial charge in [-0.2, -0.15) is 0 Å². The van der Waals surface area contributed by atoms with E-state index in [0.717, 1.165) is 6.42 Å². The molecule has 1 heterocycles. The summed E-state index contributed by atoms with van der Waals surface area (Å²) in [6.45, 7) is 2.52. The van der Waals surface area contributed by atoms with E-state index in [2.05, 4.69) is 10.2 Å². The van der Waals surface area contributed by atoms with Crippen molar-refractivity contribution in [3.63, 3.8) is 0 Å². The van der Waals surface area contributed by atoms with Crippen LogP contribution >= 0.6 is 0 Å². The SMILES string of the molecule is C/C=C/Cc1nnc(C(=O)N(C)CCc2ccccc2)o1. The first-order valence-electron chi connectivity index (χ1n) is 6.93. The average molecular weight is 285 g/mol. The number of hydrogen-bond donors (Lipinski definition) is 0. The van der Waals surface area contributed by atoms with Gasteiger partial charge in [-0.05, 0) is 18.9 Å². The van der Waals surface area contributed by atoms with Gasteiger partial charge in [0.05, 0.1) is 0 Å². The van der Waals surface area contributed by atoms with E-state index in [1.165, 1.54) is 5.56 Å². The van der Waals surface area contributed by atoms with Crippen molar-refractivity contribution in [1.29, 1.82) is 0 Å². The van der Waals surface area contributed by atoms with Crippen LogP contribution < -0.4 is 0 Å². The first kappa shape index (κ1) is 15.0. The van der Waals surface area contributed by atoms with E-state index < -0.39 is 0 Å². The zero-order valence-electron chi connectivity index (χ0n) is 12.3. The lowest BCUT2D eigenvalue weighted by Crippen LogP contribution is -2.29. The molecule has 0 bridgehead atoms. The Morgan fingerprint density at radius 3 is 2.76 bits per heavy atom. The number of amides is 1. The molecular formula is C16H19N3O2. The molecular weight excluding hydrogens is 266 g/mol. The lowest BCUT2D eigenvalue weighted by molar-refractivity contribution is 0.0755. The van der Waals surface area contributed by atoms with Crippen LogP contribution in [0.1, 0.15) is 29.1 Å². The van der Waals surface area contributed by atoms with Gasteiger partial charge in [-0.1, -0.05) is 42.5 Å². The molecule has 0 aliphatic heterocycles. The third kappa shape index (κ3) is 4.27. The highest BCUT2D eigenvalue weighted by molar-refractivity contribution is 5.89. The summed E-state index contributed by atoms with van der Waals surface area (Å²) in [5.41, 5.74) is 1.19. The number of hydrogen-bond acceptors (Lipinski definition) is 4. The molecule has 0 aliphatic carbocycles. The van der Waals surface area contributed by atoms with Crippen molar-refractivity contribution in [2.24, 2.45) is 0 Å². The van der Waals surface area contributed by atoms with Gasteiger partial charge in [0.15, 0.2) is 0 Å². The van der Waals surface area contributed by atoms with E-state index in [4.69, 9.17) is 4.42 Å². The summed E-state index contributed by atoms with van der Waals surface area (Å²) in [5, 5.41) is 7.66. The summed E-state index contributed by atoms with van der Waals surface area (Å²) in [6.07, 6.45) is 5.14. The molecule has 1 aromatic heterocycles. The second-order valence-electron chi connectivity index (χ2n) is 4.74. The Bertz CT molecular complexity index is 605. The minimum absolute atomic E-state index is 0.0464. The van der Waals surface area contributed by atoms with E-state index in [1.807, 2.05) is 49.4 Å². The van der Waals surface area contributed by atoms with Gasteiger partial charge in [0.25, 0.3) is 0 Å². The molecule has 0 spiro atoms. The molecule has 0 unspecified atom stereocenters. The van der Waals surface area contributed by atoms with E-state index in [9.17, 15) is 4.79 Å². The molecule has 0 saturated carbocycles. The Kier molecular flexibility index (Phi) is 5.26. The van der Waals surface area contributed by atoms with Crippen molar-refractivity contribution < 1.29 is 9.21 Å². The predicted molar refractivity (Wildman–Crippen MR) is 79.9 cm³/mol. The minimum atomic E-state index is -0.245. The van der Waals surface area contributed by atoms with Gasteiger partial charge in [-0.3, -0.25) is 4.79 Å². The number of carbonyl (C=O) groups is 1. The predicted octanol–water partition coefficient (Wildman–Crippen LogP) is 2.50. The Labute approximate surface area is 124 Å². The maximum absolute atomic E-state index is 12.2. The Morgan fingerprint density at radius 1 is 1.29 bits per heavy atom. The molecule has 0 N–H and O–H groups in total. The standard InChI is InChI=1S/C16H19N3O2/c1-3-4-10-14-17-18-15(21-14)16(20)19(2)12-11-13-8-6-5-7-9-13/h3-9H,10-12H2,1-2H3/b4-3+. The number of nitrogens with zero attached hydrogens (tertiary/aromatic N) is 3. The van der Waals surface area contributed by atoms with Gasteiger partial charge < -0.3 is 9.32 Å². The van der Waals surface area contributed by atoms with Crippen molar-refractivity contribution in [3.05, 3.63) is 59.8 Å². The quantitative estimate of drug-likeness (QED) is 0.765. The van der Waals surface area contributed by atoms with Crippen LogP contribution in [0.3, 0.4) is 0 Å². The van der Waals surface area contributed by atoms with Gasteiger partial charge in [0.1, 0.15) is 0 Å². The highest BCUT2D eigenvalue weighted by Crippen LogP contribution is 2.06. The van der Waals surface area contributed by atoms with Crippen molar-refractivity contribution in [2.45, 2.75) is 19.8 Å². The van der Waals surface area contributed by atoms with Crippen LogP contribution in [0.25, 0.3) is 0 Å². The third-order valence-electron chi connectivity index (χ3n) is 3.10. The largest absolute Gasteiger partial charge is 0.417 e. The highest BCUT2D eigenvalue weighted by atomic mass is 16.4. The van der Waals surface area contributed by atoms with E-state index in [1.54, 1.807) is 11.9 Å². The second kappa shape index (κ2) is 7.38. The van der Waals surface area contributed by atoms with Crippen LogP contribution in [0.4, 0.5) is 0 Å². The minimum Gasteiger partial charge on any atom is -0.417 e. The van der Waals surface area contributed by atoms with Gasteiger partial charge in [-0.25, -0.2) is 0 Å². The van der Waals surface area contributed by atoms with Crippen LogP contribution in [-0.4, -0.2) is 34.6 Å². The van der Waals surface area contributed by atoms with Crippen LogP contribution in [0.5, 0.6) is 0 Å². The third-order valence-corrected chi connectivity index (χ3v) is 3.10. The summed E-state index contributed by atoms with van der Waals surface area (Å²) >= 11 is 0. The molecule has 2 rings (SSSR count). The molecule has 0 atom stereocenters. The molecule has 0 aliphatic rings. The lowest BCUT2D eigenvalue weighted by Gasteiger charge is -2.14. The molecule has 1 aromatic carbocycles. The Hall–Kier alpha value is -2.43. The van der Waals surface area contributed by atoms with Gasteiger partial charge >= 0.3 is 11.8 Å². The molecule has 21 heavy (non-hydrogen) atoms. The first-order valence-corrected chi connectivity index (χ1v) is 6.93. The number of rotatable bonds is 6. The van der Waals surface area contributed by atoms with Crippen LogP contribution in [-0.2, 0) is 12.8 Å². The summed E-state index contributed by atoms with van der Waals surface area (Å²) < 4.78 is 5.36. The molecule has 5 heteroatoms. The molecule has 0 saturated heterocycles.